The molecule has 0 bridgehead atoms. The summed E-state index contributed by atoms with van der Waals surface area (Å²) >= 11 is 0. The van der Waals surface area contributed by atoms with Crippen LogP contribution in [0, 0.1) is 11.8 Å². The number of ether oxygens (including phenoxy) is 2. The van der Waals surface area contributed by atoms with E-state index in [0.717, 1.165) is 38.0 Å². The average molecular weight is 391 g/mol. The lowest BCUT2D eigenvalue weighted by Crippen LogP contribution is -2.36. The van der Waals surface area contributed by atoms with Gasteiger partial charge in [0.2, 0.25) is 0 Å². The molecule has 0 N–H and O–H groups in total. The van der Waals surface area contributed by atoms with Gasteiger partial charge in [-0.15, -0.1) is 0 Å². The molecule has 1 heterocycles. The minimum Gasteiger partial charge on any atom is -0.460 e. The van der Waals surface area contributed by atoms with Crippen LogP contribution < -0.4 is 0 Å². The van der Waals surface area contributed by atoms with Gasteiger partial charge < -0.3 is 9.47 Å². The molecule has 2 aliphatic rings. The summed E-state index contributed by atoms with van der Waals surface area (Å²) < 4.78 is 11.3. The van der Waals surface area contributed by atoms with Gasteiger partial charge in [0.05, 0.1) is 0 Å². The zero-order valence-electron chi connectivity index (χ0n) is 18.1. The first-order chi connectivity index (χ1) is 13.7. The third kappa shape index (κ3) is 8.94. The molecule has 1 saturated carbocycles. The molecule has 2 rings (SSSR count). The Hall–Kier alpha value is -1.09. The van der Waals surface area contributed by atoms with Crippen molar-refractivity contribution in [3.8, 4) is 0 Å². The van der Waals surface area contributed by atoms with Crippen LogP contribution >= 0.6 is 0 Å². The van der Waals surface area contributed by atoms with E-state index in [9.17, 15) is 4.79 Å². The van der Waals surface area contributed by atoms with Gasteiger partial charge in [0.15, 0.2) is 6.10 Å². The fraction of sp³-hybridized carbons (Fsp3) is 0.800. The molecule has 2 fully saturated rings. The van der Waals surface area contributed by atoms with Crippen LogP contribution in [-0.4, -0.2) is 24.8 Å². The molecule has 3 heteroatoms. The molecule has 28 heavy (non-hydrogen) atoms. The Labute approximate surface area is 172 Å². The Bertz CT molecular complexity index is 464. The van der Waals surface area contributed by atoms with Crippen LogP contribution in [0.4, 0.5) is 0 Å². The van der Waals surface area contributed by atoms with Crippen molar-refractivity contribution in [3.05, 3.63) is 24.8 Å². The van der Waals surface area contributed by atoms with E-state index >= 15 is 0 Å². The molecule has 0 aromatic rings. The van der Waals surface area contributed by atoms with Gasteiger partial charge in [-0.05, 0) is 63.2 Å². The maximum Gasteiger partial charge on any atom is 0.335 e. The Kier molecular flexibility index (Phi) is 11.6. The first kappa shape index (κ1) is 23.2. The summed E-state index contributed by atoms with van der Waals surface area (Å²) in [6, 6.07) is 0. The number of hydrogen-bond acceptors (Lipinski definition) is 3. The third-order valence-electron chi connectivity index (χ3n) is 6.49. The lowest BCUT2D eigenvalue weighted by atomic mass is 9.76. The minimum atomic E-state index is -0.306. The molecule has 0 amide bonds. The maximum absolute atomic E-state index is 12.3. The van der Waals surface area contributed by atoms with Crippen LogP contribution in [0.25, 0.3) is 0 Å². The van der Waals surface area contributed by atoms with Gasteiger partial charge in [-0.3, -0.25) is 0 Å². The molecule has 0 spiro atoms. The molecule has 1 aliphatic heterocycles. The second kappa shape index (κ2) is 14.0. The van der Waals surface area contributed by atoms with Gasteiger partial charge in [-0.2, -0.15) is 0 Å². The van der Waals surface area contributed by atoms with E-state index in [2.05, 4.69) is 19.6 Å². The van der Waals surface area contributed by atoms with E-state index in [0.29, 0.717) is 12.5 Å². The predicted octanol–water partition coefficient (Wildman–Crippen LogP) is 6.77. The van der Waals surface area contributed by atoms with E-state index in [1.807, 2.05) is 12.2 Å². The van der Waals surface area contributed by atoms with Crippen LogP contribution in [-0.2, 0) is 14.3 Å². The molecule has 3 nitrogen and oxygen atoms in total. The normalized spacial score (nSPS) is 28.3. The van der Waals surface area contributed by atoms with Crippen molar-refractivity contribution in [1.29, 1.82) is 0 Å². The number of carbonyl (C=O) groups excluding carboxylic acids is 1. The van der Waals surface area contributed by atoms with Crippen molar-refractivity contribution >= 4 is 5.97 Å². The van der Waals surface area contributed by atoms with E-state index in [1.54, 1.807) is 0 Å². The summed E-state index contributed by atoms with van der Waals surface area (Å²) in [5.41, 5.74) is 0. The molecule has 1 aliphatic carbocycles. The van der Waals surface area contributed by atoms with E-state index < -0.39 is 0 Å². The second-order valence-electron chi connectivity index (χ2n) is 8.83. The first-order valence-corrected chi connectivity index (χ1v) is 11.8. The van der Waals surface area contributed by atoms with Crippen molar-refractivity contribution in [1.82, 2.24) is 0 Å². The Balaban J connectivity index is 1.50. The summed E-state index contributed by atoms with van der Waals surface area (Å²) in [6.07, 6.45) is 22.8. The lowest BCUT2D eigenvalue weighted by molar-refractivity contribution is -0.168. The second-order valence-corrected chi connectivity index (χ2v) is 8.83. The lowest BCUT2D eigenvalue weighted by Gasteiger charge is -2.34. The molecule has 0 aromatic carbocycles. The van der Waals surface area contributed by atoms with Crippen molar-refractivity contribution in [2.45, 2.75) is 109 Å². The van der Waals surface area contributed by atoms with Crippen LogP contribution in [0.3, 0.4) is 0 Å². The zero-order valence-corrected chi connectivity index (χ0v) is 18.1. The third-order valence-corrected chi connectivity index (χ3v) is 6.49. The molecule has 4 atom stereocenters. The van der Waals surface area contributed by atoms with Crippen LogP contribution in [0.5, 0.6) is 0 Å². The number of rotatable bonds is 12. The largest absolute Gasteiger partial charge is 0.460 e. The van der Waals surface area contributed by atoms with Gasteiger partial charge in [0.1, 0.15) is 6.10 Å². The first-order valence-electron chi connectivity index (χ1n) is 11.8. The number of unbranched alkanes of at least 4 members (excludes halogenated alkanes) is 6. The standard InChI is InChI=1S/C25H42O3/c1-3-4-5-6-7-8-9-10-11-12-15-22-17-18-23(20-21(22)2)28-25(26)24-16-13-14-19-27-24/h3-5,21-24H,1,6-20H2,2H3/b5-4+. The quantitative estimate of drug-likeness (QED) is 0.210. The van der Waals surface area contributed by atoms with Gasteiger partial charge in [-0.25, -0.2) is 4.79 Å². The topological polar surface area (TPSA) is 35.5 Å². The number of hydrogen-bond donors (Lipinski definition) is 0. The zero-order chi connectivity index (χ0) is 20.0. The number of allylic oxidation sites excluding steroid dienone is 3. The highest BCUT2D eigenvalue weighted by Crippen LogP contribution is 2.35. The van der Waals surface area contributed by atoms with Crippen molar-refractivity contribution in [2.24, 2.45) is 11.8 Å². The van der Waals surface area contributed by atoms with Gasteiger partial charge >= 0.3 is 5.97 Å². The van der Waals surface area contributed by atoms with Crippen molar-refractivity contribution in [2.75, 3.05) is 6.61 Å². The van der Waals surface area contributed by atoms with Gasteiger partial charge in [-0.1, -0.05) is 70.3 Å². The van der Waals surface area contributed by atoms with Crippen molar-refractivity contribution < 1.29 is 14.3 Å². The highest BCUT2D eigenvalue weighted by molar-refractivity contribution is 5.74. The van der Waals surface area contributed by atoms with Gasteiger partial charge in [0.25, 0.3) is 0 Å². The highest BCUT2D eigenvalue weighted by atomic mass is 16.6. The van der Waals surface area contributed by atoms with Gasteiger partial charge in [0, 0.05) is 6.61 Å². The van der Waals surface area contributed by atoms with E-state index in [4.69, 9.17) is 9.47 Å². The number of carbonyl (C=O) groups is 1. The minimum absolute atomic E-state index is 0.111. The fourth-order valence-corrected chi connectivity index (χ4v) is 4.68. The van der Waals surface area contributed by atoms with E-state index in [-0.39, 0.29) is 18.2 Å². The molecular weight excluding hydrogens is 348 g/mol. The highest BCUT2D eigenvalue weighted by Gasteiger charge is 2.32. The predicted molar refractivity (Wildman–Crippen MR) is 116 cm³/mol. The van der Waals surface area contributed by atoms with Crippen LogP contribution in [0.15, 0.2) is 24.8 Å². The monoisotopic (exact) mass is 390 g/mol. The summed E-state index contributed by atoms with van der Waals surface area (Å²) in [6.45, 7) is 6.74. The smallest absolute Gasteiger partial charge is 0.335 e. The summed E-state index contributed by atoms with van der Waals surface area (Å²) in [5.74, 6) is 1.36. The van der Waals surface area contributed by atoms with Crippen LogP contribution in [0.2, 0.25) is 0 Å². The average Bonchev–Trinajstić information content (AvgIpc) is 2.71. The Morgan fingerprint density at radius 3 is 2.57 bits per heavy atom. The molecular formula is C25H42O3. The Morgan fingerprint density at radius 1 is 1.07 bits per heavy atom. The molecule has 160 valence electrons. The molecule has 4 unspecified atom stereocenters. The molecule has 0 aromatic heterocycles. The maximum atomic E-state index is 12.3. The SMILES string of the molecule is C=C/C=C/CCCCCCCCC1CCC(OC(=O)C2CCCCO2)CC1C. The molecule has 0 radical (unpaired) electrons. The van der Waals surface area contributed by atoms with E-state index in [1.165, 1.54) is 57.8 Å². The summed E-state index contributed by atoms with van der Waals surface area (Å²) in [5, 5.41) is 0. The summed E-state index contributed by atoms with van der Waals surface area (Å²) in [7, 11) is 0. The van der Waals surface area contributed by atoms with Crippen LogP contribution in [0.1, 0.15) is 96.8 Å². The van der Waals surface area contributed by atoms with Crippen molar-refractivity contribution in [3.63, 3.8) is 0 Å². The fourth-order valence-electron chi connectivity index (χ4n) is 4.68. The Morgan fingerprint density at radius 2 is 1.86 bits per heavy atom. The number of esters is 1. The summed E-state index contributed by atoms with van der Waals surface area (Å²) in [4.78, 5) is 12.3. The molecule has 1 saturated heterocycles.